The third-order valence-electron chi connectivity index (χ3n) is 5.04. The summed E-state index contributed by atoms with van der Waals surface area (Å²) in [6, 6.07) is 0.731. The molecule has 3 nitrogen and oxygen atoms in total. The molecule has 19 heavy (non-hydrogen) atoms. The molecule has 0 unspecified atom stereocenters. The molecule has 0 amide bonds. The molecule has 2 fully saturated rings. The Balaban J connectivity index is 1.87. The maximum Gasteiger partial charge on any atom is 0.306 e. The zero-order valence-electron chi connectivity index (χ0n) is 12.9. The van der Waals surface area contributed by atoms with Gasteiger partial charge < -0.3 is 9.22 Å². The molecule has 0 N–H and O–H groups in total. The molecule has 3 atom stereocenters. The average molecular weight is 268 g/mol. The molecule has 110 valence electrons. The molecule has 0 aromatic carbocycles. The van der Waals surface area contributed by atoms with Crippen LogP contribution in [-0.2, 0) is 9.53 Å². The molecule has 3 heteroatoms. The molecule has 2 rings (SSSR count). The van der Waals surface area contributed by atoms with Crippen molar-refractivity contribution in [2.45, 2.75) is 58.4 Å². The summed E-state index contributed by atoms with van der Waals surface area (Å²) in [5.41, 5.74) is 0. The molecule has 2 heterocycles. The van der Waals surface area contributed by atoms with Crippen molar-refractivity contribution < 1.29 is 14.0 Å². The van der Waals surface area contributed by atoms with E-state index in [1.807, 2.05) is 0 Å². The van der Waals surface area contributed by atoms with E-state index in [2.05, 4.69) is 20.9 Å². The minimum atomic E-state index is -0.00872. The lowest BCUT2D eigenvalue weighted by molar-refractivity contribution is -0.947. The summed E-state index contributed by atoms with van der Waals surface area (Å²) in [5.74, 6) is 0.982. The Morgan fingerprint density at radius 2 is 1.95 bits per heavy atom. The Kier molecular flexibility index (Phi) is 4.88. The van der Waals surface area contributed by atoms with Gasteiger partial charge in [0.25, 0.3) is 0 Å². The molecule has 0 radical (unpaired) electrons. The predicted octanol–water partition coefficient (Wildman–Crippen LogP) is 2.98. The lowest BCUT2D eigenvalue weighted by Gasteiger charge is -2.51. The molecule has 2 saturated heterocycles. The van der Waals surface area contributed by atoms with E-state index in [9.17, 15) is 4.79 Å². The Bertz CT molecular complexity index is 312. The number of ether oxygens (including phenoxy) is 1. The lowest BCUT2D eigenvalue weighted by Crippen LogP contribution is -2.61. The number of fused-ring (bicyclic) bond motifs is 1. The van der Waals surface area contributed by atoms with Crippen molar-refractivity contribution in [1.82, 2.24) is 0 Å². The highest BCUT2D eigenvalue weighted by molar-refractivity contribution is 5.69. The van der Waals surface area contributed by atoms with Gasteiger partial charge in [0.1, 0.15) is 0 Å². The molecule has 0 saturated carbocycles. The smallest absolute Gasteiger partial charge is 0.306 e. The monoisotopic (exact) mass is 268 g/mol. The maximum absolute atomic E-state index is 11.7. The highest BCUT2D eigenvalue weighted by Crippen LogP contribution is 2.36. The number of piperidine rings is 2. The number of carbonyl (C=O) groups excluding carboxylic acids is 1. The Labute approximate surface area is 117 Å². The molecular weight excluding hydrogens is 238 g/mol. The fourth-order valence-electron chi connectivity index (χ4n) is 4.02. The van der Waals surface area contributed by atoms with Gasteiger partial charge in [-0.3, -0.25) is 4.79 Å². The van der Waals surface area contributed by atoms with Crippen molar-refractivity contribution in [3.63, 3.8) is 0 Å². The molecular formula is C16H30NO2+. The van der Waals surface area contributed by atoms with Gasteiger partial charge >= 0.3 is 5.97 Å². The fraction of sp³-hybridized carbons (Fsp3) is 0.938. The van der Waals surface area contributed by atoms with Crippen molar-refractivity contribution >= 4 is 5.97 Å². The van der Waals surface area contributed by atoms with Crippen LogP contribution < -0.4 is 0 Å². The summed E-state index contributed by atoms with van der Waals surface area (Å²) < 4.78 is 6.77. The van der Waals surface area contributed by atoms with Crippen LogP contribution in [0.25, 0.3) is 0 Å². The van der Waals surface area contributed by atoms with Crippen LogP contribution in [0, 0.1) is 11.8 Å². The summed E-state index contributed by atoms with van der Waals surface area (Å²) in [7, 11) is 2.41. The van der Waals surface area contributed by atoms with Crippen LogP contribution >= 0.6 is 0 Å². The first-order chi connectivity index (χ1) is 9.01. The zero-order valence-corrected chi connectivity index (χ0v) is 12.9. The zero-order chi connectivity index (χ0) is 13.9. The molecule has 0 aliphatic carbocycles. The van der Waals surface area contributed by atoms with Gasteiger partial charge in [0.15, 0.2) is 0 Å². The predicted molar refractivity (Wildman–Crippen MR) is 76.7 cm³/mol. The van der Waals surface area contributed by atoms with E-state index in [4.69, 9.17) is 4.74 Å². The molecule has 0 spiro atoms. The van der Waals surface area contributed by atoms with Crippen LogP contribution in [0.1, 0.15) is 52.4 Å². The first-order valence-electron chi connectivity index (χ1n) is 8.01. The van der Waals surface area contributed by atoms with Gasteiger partial charge in [-0.2, -0.15) is 0 Å². The quantitative estimate of drug-likeness (QED) is 0.579. The SMILES string of the molecule is CC(C)CC(=O)OC[C@@H]1CCC[N@+]2(C)CCCC[C@@H]12. The summed E-state index contributed by atoms with van der Waals surface area (Å²) >= 11 is 0. The largest absolute Gasteiger partial charge is 0.465 e. The summed E-state index contributed by atoms with van der Waals surface area (Å²) in [6.07, 6.45) is 7.14. The third-order valence-corrected chi connectivity index (χ3v) is 5.04. The van der Waals surface area contributed by atoms with Crippen molar-refractivity contribution in [3.05, 3.63) is 0 Å². The third kappa shape index (κ3) is 3.71. The summed E-state index contributed by atoms with van der Waals surface area (Å²) in [5, 5.41) is 0. The van der Waals surface area contributed by atoms with Gasteiger partial charge in [-0.25, -0.2) is 0 Å². The number of esters is 1. The van der Waals surface area contributed by atoms with Crippen LogP contribution in [0.15, 0.2) is 0 Å². The second kappa shape index (κ2) is 6.25. The van der Waals surface area contributed by atoms with E-state index in [0.29, 0.717) is 24.9 Å². The van der Waals surface area contributed by atoms with Crippen molar-refractivity contribution in [1.29, 1.82) is 0 Å². The van der Waals surface area contributed by atoms with Gasteiger partial charge in [0, 0.05) is 18.8 Å². The van der Waals surface area contributed by atoms with Crippen LogP contribution in [0.5, 0.6) is 0 Å². The van der Waals surface area contributed by atoms with Gasteiger partial charge in [0.05, 0.1) is 32.8 Å². The van der Waals surface area contributed by atoms with E-state index in [-0.39, 0.29) is 5.97 Å². The van der Waals surface area contributed by atoms with E-state index in [0.717, 1.165) is 6.04 Å². The van der Waals surface area contributed by atoms with Crippen LogP contribution in [0.3, 0.4) is 0 Å². The first kappa shape index (κ1) is 14.8. The molecule has 0 aromatic rings. The number of nitrogens with zero attached hydrogens (tertiary/aromatic N) is 1. The first-order valence-corrected chi connectivity index (χ1v) is 8.01. The van der Waals surface area contributed by atoms with Crippen molar-refractivity contribution in [2.75, 3.05) is 26.7 Å². The Hall–Kier alpha value is -0.570. The van der Waals surface area contributed by atoms with E-state index < -0.39 is 0 Å². The van der Waals surface area contributed by atoms with Gasteiger partial charge in [-0.05, 0) is 31.6 Å². The normalized spacial score (nSPS) is 34.9. The standard InChI is InChI=1S/C16H30NO2/c1-13(2)11-16(18)19-12-14-7-6-10-17(3)9-5-4-8-15(14)17/h13-15H,4-12H2,1-3H3/q+1/t14-,15-,17-/m0/s1. The van der Waals surface area contributed by atoms with E-state index in [1.165, 1.54) is 49.7 Å². The minimum Gasteiger partial charge on any atom is -0.465 e. The molecule has 2 aliphatic heterocycles. The van der Waals surface area contributed by atoms with Crippen LogP contribution in [0.4, 0.5) is 0 Å². The van der Waals surface area contributed by atoms with E-state index in [1.54, 1.807) is 0 Å². The van der Waals surface area contributed by atoms with E-state index >= 15 is 0 Å². The highest BCUT2D eigenvalue weighted by atomic mass is 16.5. The average Bonchev–Trinajstić information content (AvgIpc) is 2.34. The van der Waals surface area contributed by atoms with Crippen LogP contribution in [0.2, 0.25) is 0 Å². The topological polar surface area (TPSA) is 26.3 Å². The summed E-state index contributed by atoms with van der Waals surface area (Å²) in [6.45, 7) is 7.43. The second-order valence-electron chi connectivity index (χ2n) is 7.17. The fourth-order valence-corrected chi connectivity index (χ4v) is 4.02. The number of carbonyl (C=O) groups is 1. The van der Waals surface area contributed by atoms with Crippen molar-refractivity contribution in [3.8, 4) is 0 Å². The Morgan fingerprint density at radius 1 is 1.21 bits per heavy atom. The number of quaternary nitrogens is 1. The Morgan fingerprint density at radius 3 is 2.68 bits per heavy atom. The summed E-state index contributed by atoms with van der Waals surface area (Å²) in [4.78, 5) is 11.7. The maximum atomic E-state index is 11.7. The lowest BCUT2D eigenvalue weighted by atomic mass is 9.82. The minimum absolute atomic E-state index is 0.00872. The number of rotatable bonds is 4. The molecule has 2 aliphatic rings. The second-order valence-corrected chi connectivity index (χ2v) is 7.17. The van der Waals surface area contributed by atoms with Crippen molar-refractivity contribution in [2.24, 2.45) is 11.8 Å². The van der Waals surface area contributed by atoms with Crippen LogP contribution in [-0.4, -0.2) is 43.2 Å². The number of hydrogen-bond acceptors (Lipinski definition) is 2. The van der Waals surface area contributed by atoms with Gasteiger partial charge in [-0.15, -0.1) is 0 Å². The number of hydrogen-bond donors (Lipinski definition) is 0. The van der Waals surface area contributed by atoms with Gasteiger partial charge in [-0.1, -0.05) is 13.8 Å². The molecule has 0 aromatic heterocycles. The molecule has 0 bridgehead atoms. The van der Waals surface area contributed by atoms with Gasteiger partial charge in [0.2, 0.25) is 0 Å². The highest BCUT2D eigenvalue weighted by Gasteiger charge is 2.43.